The third kappa shape index (κ3) is 1.89. The fraction of sp³-hybridized carbons (Fsp3) is 0.600. The molecule has 2 aliphatic carbocycles. The lowest BCUT2D eigenvalue weighted by Crippen LogP contribution is -2.22. The summed E-state index contributed by atoms with van der Waals surface area (Å²) in [6, 6.07) is 4.87. The Morgan fingerprint density at radius 3 is 2.48 bits per heavy atom. The summed E-state index contributed by atoms with van der Waals surface area (Å²) in [5, 5.41) is 1.45. The van der Waals surface area contributed by atoms with Gasteiger partial charge in [-0.05, 0) is 67.2 Å². The average molecular weight is 281 g/mol. The summed E-state index contributed by atoms with van der Waals surface area (Å²) in [6.07, 6.45) is 9.92. The molecule has 1 heterocycles. The molecule has 1 unspecified atom stereocenters. The number of hydrogen-bond donors (Lipinski definition) is 1. The first-order valence-corrected chi connectivity index (χ1v) is 8.74. The normalized spacial score (nSPS) is 24.4. The van der Waals surface area contributed by atoms with Gasteiger partial charge in [-0.3, -0.25) is 0 Å². The lowest BCUT2D eigenvalue weighted by Gasteiger charge is -2.29. The van der Waals surface area contributed by atoms with Gasteiger partial charge in [-0.2, -0.15) is 0 Å². The van der Waals surface area contributed by atoms with E-state index < -0.39 is 0 Å². The van der Waals surface area contributed by atoms with Gasteiger partial charge in [-0.1, -0.05) is 38.7 Å². The van der Waals surface area contributed by atoms with Crippen LogP contribution in [0.15, 0.2) is 12.1 Å². The molecule has 1 atom stereocenters. The van der Waals surface area contributed by atoms with Crippen molar-refractivity contribution in [3.8, 4) is 0 Å². The van der Waals surface area contributed by atoms with E-state index in [1.54, 1.807) is 11.1 Å². The Hall–Kier alpha value is -1.24. The Kier molecular flexibility index (Phi) is 2.96. The second-order valence-electron chi connectivity index (χ2n) is 7.70. The van der Waals surface area contributed by atoms with Crippen molar-refractivity contribution in [1.82, 2.24) is 4.98 Å². The molecule has 1 N–H and O–H groups in total. The third-order valence-electron chi connectivity index (χ3n) is 6.12. The van der Waals surface area contributed by atoms with E-state index in [1.165, 1.54) is 67.1 Å². The molecule has 21 heavy (non-hydrogen) atoms. The molecule has 4 rings (SSSR count). The fourth-order valence-corrected chi connectivity index (χ4v) is 5.25. The number of aromatic nitrogens is 1. The summed E-state index contributed by atoms with van der Waals surface area (Å²) in [7, 11) is 0. The van der Waals surface area contributed by atoms with Crippen LogP contribution < -0.4 is 0 Å². The molecule has 0 saturated heterocycles. The van der Waals surface area contributed by atoms with Crippen LogP contribution in [0.4, 0.5) is 0 Å². The van der Waals surface area contributed by atoms with Gasteiger partial charge >= 0.3 is 0 Å². The molecule has 0 bridgehead atoms. The molecule has 1 spiro atoms. The number of aromatic amines is 1. The molecule has 1 aromatic carbocycles. The average Bonchev–Trinajstić information content (AvgIpc) is 2.82. The van der Waals surface area contributed by atoms with E-state index in [2.05, 4.69) is 37.9 Å². The van der Waals surface area contributed by atoms with Crippen LogP contribution >= 0.6 is 0 Å². The largest absolute Gasteiger partial charge is 0.358 e. The van der Waals surface area contributed by atoms with E-state index in [0.29, 0.717) is 11.3 Å². The van der Waals surface area contributed by atoms with Gasteiger partial charge in [0.15, 0.2) is 0 Å². The van der Waals surface area contributed by atoms with Crippen LogP contribution in [0.3, 0.4) is 0 Å². The second kappa shape index (κ2) is 4.63. The van der Waals surface area contributed by atoms with Crippen molar-refractivity contribution >= 4 is 10.9 Å². The van der Waals surface area contributed by atoms with Gasteiger partial charge in [0.1, 0.15) is 0 Å². The maximum atomic E-state index is 3.67. The van der Waals surface area contributed by atoms with Crippen LogP contribution in [0.5, 0.6) is 0 Å². The minimum absolute atomic E-state index is 0.489. The molecule has 2 aliphatic rings. The van der Waals surface area contributed by atoms with Crippen LogP contribution in [-0.2, 0) is 5.41 Å². The van der Waals surface area contributed by atoms with E-state index in [4.69, 9.17) is 0 Å². The fourth-order valence-electron chi connectivity index (χ4n) is 5.25. The van der Waals surface area contributed by atoms with Crippen LogP contribution in [0.2, 0.25) is 0 Å². The summed E-state index contributed by atoms with van der Waals surface area (Å²) in [4.78, 5) is 3.67. The molecule has 1 saturated carbocycles. The van der Waals surface area contributed by atoms with Gasteiger partial charge in [-0.15, -0.1) is 0 Å². The highest BCUT2D eigenvalue weighted by molar-refractivity contribution is 5.89. The highest BCUT2D eigenvalue weighted by Crippen LogP contribution is 2.54. The number of nitrogens with one attached hydrogen (secondary N) is 1. The van der Waals surface area contributed by atoms with E-state index in [1.807, 2.05) is 0 Å². The predicted octanol–water partition coefficient (Wildman–Crippen LogP) is 5.88. The number of aryl methyl sites for hydroxylation is 2. The highest BCUT2D eigenvalue weighted by Gasteiger charge is 2.43. The van der Waals surface area contributed by atoms with E-state index >= 15 is 0 Å². The van der Waals surface area contributed by atoms with Gasteiger partial charge in [-0.25, -0.2) is 0 Å². The SMILES string of the molecule is Cc1cc2c(C)cc3c(c2[nH]1)C(C)CC31CCCCCC1. The van der Waals surface area contributed by atoms with Gasteiger partial charge in [0.25, 0.3) is 0 Å². The molecule has 0 radical (unpaired) electrons. The van der Waals surface area contributed by atoms with Gasteiger partial charge < -0.3 is 4.98 Å². The first-order chi connectivity index (χ1) is 10.1. The summed E-state index contributed by atoms with van der Waals surface area (Å²) in [5.74, 6) is 0.708. The molecule has 0 amide bonds. The summed E-state index contributed by atoms with van der Waals surface area (Å²) >= 11 is 0. The summed E-state index contributed by atoms with van der Waals surface area (Å²) in [6.45, 7) is 6.93. The summed E-state index contributed by atoms with van der Waals surface area (Å²) in [5.41, 5.74) is 8.04. The Bertz CT molecular complexity index is 683. The van der Waals surface area contributed by atoms with Crippen molar-refractivity contribution in [2.24, 2.45) is 0 Å². The first-order valence-electron chi connectivity index (χ1n) is 8.74. The van der Waals surface area contributed by atoms with E-state index in [9.17, 15) is 0 Å². The molecule has 1 heteroatoms. The molecule has 2 aromatic rings. The topological polar surface area (TPSA) is 15.8 Å². The Morgan fingerprint density at radius 1 is 1.05 bits per heavy atom. The maximum absolute atomic E-state index is 3.67. The molecule has 1 nitrogen and oxygen atoms in total. The van der Waals surface area contributed by atoms with Gasteiger partial charge in [0.05, 0.1) is 0 Å². The van der Waals surface area contributed by atoms with Crippen LogP contribution in [0.25, 0.3) is 10.9 Å². The first kappa shape index (κ1) is 13.4. The standard InChI is InChI=1S/C20H27N/c1-13-10-17-18(19-16(13)11-15(3)21-19)14(2)12-20(17)8-6-4-5-7-9-20/h10-11,14,21H,4-9,12H2,1-3H3. The van der Waals surface area contributed by atoms with Crippen LogP contribution in [0.1, 0.15) is 80.2 Å². The molecule has 112 valence electrons. The van der Waals surface area contributed by atoms with Crippen molar-refractivity contribution in [1.29, 1.82) is 0 Å². The monoisotopic (exact) mass is 281 g/mol. The van der Waals surface area contributed by atoms with E-state index in [0.717, 1.165) is 0 Å². The van der Waals surface area contributed by atoms with Crippen molar-refractivity contribution in [2.45, 2.75) is 77.0 Å². The molecular formula is C20H27N. The Morgan fingerprint density at radius 2 is 1.76 bits per heavy atom. The molecule has 1 fully saturated rings. The predicted molar refractivity (Wildman–Crippen MR) is 90.2 cm³/mol. The van der Waals surface area contributed by atoms with Crippen molar-refractivity contribution in [2.75, 3.05) is 0 Å². The van der Waals surface area contributed by atoms with Gasteiger partial charge in [0, 0.05) is 16.6 Å². The number of rotatable bonds is 0. The van der Waals surface area contributed by atoms with Crippen molar-refractivity contribution < 1.29 is 0 Å². The quantitative estimate of drug-likeness (QED) is 0.620. The van der Waals surface area contributed by atoms with E-state index in [-0.39, 0.29) is 0 Å². The number of H-pyrrole nitrogens is 1. The second-order valence-corrected chi connectivity index (χ2v) is 7.70. The number of hydrogen-bond acceptors (Lipinski definition) is 0. The minimum Gasteiger partial charge on any atom is -0.358 e. The molecular weight excluding hydrogens is 254 g/mol. The van der Waals surface area contributed by atoms with Crippen molar-refractivity contribution in [3.63, 3.8) is 0 Å². The zero-order valence-electron chi connectivity index (χ0n) is 13.7. The zero-order chi connectivity index (χ0) is 14.6. The number of benzene rings is 1. The van der Waals surface area contributed by atoms with Crippen molar-refractivity contribution in [3.05, 3.63) is 34.5 Å². The number of fused-ring (bicyclic) bond motifs is 4. The maximum Gasteiger partial charge on any atom is 0.0496 e. The third-order valence-corrected chi connectivity index (χ3v) is 6.12. The van der Waals surface area contributed by atoms with Gasteiger partial charge in [0.2, 0.25) is 0 Å². The lowest BCUT2D eigenvalue weighted by molar-refractivity contribution is 0.354. The molecule has 1 aromatic heterocycles. The Balaban J connectivity index is 1.97. The van der Waals surface area contributed by atoms with Crippen LogP contribution in [-0.4, -0.2) is 4.98 Å². The summed E-state index contributed by atoms with van der Waals surface area (Å²) < 4.78 is 0. The lowest BCUT2D eigenvalue weighted by atomic mass is 9.74. The van der Waals surface area contributed by atoms with Crippen LogP contribution in [0, 0.1) is 13.8 Å². The zero-order valence-corrected chi connectivity index (χ0v) is 13.7. The molecule has 0 aliphatic heterocycles. The smallest absolute Gasteiger partial charge is 0.0496 e. The highest BCUT2D eigenvalue weighted by atomic mass is 14.7. The Labute approximate surface area is 128 Å². The minimum atomic E-state index is 0.489.